The lowest BCUT2D eigenvalue weighted by Gasteiger charge is -2.06. The summed E-state index contributed by atoms with van der Waals surface area (Å²) in [4.78, 5) is 3.89. The second-order valence-corrected chi connectivity index (χ2v) is 5.06. The molecule has 0 aromatic heterocycles. The van der Waals surface area contributed by atoms with Gasteiger partial charge in [0.05, 0.1) is 5.69 Å². The highest BCUT2D eigenvalue weighted by Crippen LogP contribution is 2.13. The first-order chi connectivity index (χ1) is 9.05. The van der Waals surface area contributed by atoms with Gasteiger partial charge in [-0.15, -0.1) is 0 Å². The average Bonchev–Trinajstić information content (AvgIpc) is 2.39. The fraction of sp³-hybridized carbons (Fsp3) is 0. The van der Waals surface area contributed by atoms with E-state index in [9.17, 15) is 13.0 Å². The Hall–Kier alpha value is -2.18. The standard InChI is InChI=1S/C13H12N2O3S/c16-19(17,18)13(14-11-7-3-1-4-8-11)15-12-9-5-2-6-10-12/h1-10H,(H,14,15)(H,16,17,18). The first-order valence-electron chi connectivity index (χ1n) is 5.49. The lowest BCUT2D eigenvalue weighted by atomic mass is 10.3. The maximum atomic E-state index is 11.3. The van der Waals surface area contributed by atoms with Crippen molar-refractivity contribution in [3.8, 4) is 0 Å². The lowest BCUT2D eigenvalue weighted by molar-refractivity contribution is 0.498. The molecule has 0 saturated carbocycles. The fourth-order valence-electron chi connectivity index (χ4n) is 1.41. The van der Waals surface area contributed by atoms with Gasteiger partial charge in [-0.1, -0.05) is 36.4 Å². The zero-order valence-electron chi connectivity index (χ0n) is 9.89. The van der Waals surface area contributed by atoms with Crippen molar-refractivity contribution < 1.29 is 13.0 Å². The minimum Gasteiger partial charge on any atom is -0.329 e. The quantitative estimate of drug-likeness (QED) is 0.502. The smallest absolute Gasteiger partial charge is 0.328 e. The predicted molar refractivity (Wildman–Crippen MR) is 75.2 cm³/mol. The molecule has 2 N–H and O–H groups in total. The van der Waals surface area contributed by atoms with Crippen LogP contribution in [-0.2, 0) is 10.1 Å². The fourth-order valence-corrected chi connectivity index (χ4v) is 1.88. The van der Waals surface area contributed by atoms with E-state index < -0.39 is 15.3 Å². The van der Waals surface area contributed by atoms with Crippen molar-refractivity contribution in [2.24, 2.45) is 4.99 Å². The van der Waals surface area contributed by atoms with Crippen LogP contribution < -0.4 is 5.32 Å². The van der Waals surface area contributed by atoms with Crippen LogP contribution in [0.4, 0.5) is 11.4 Å². The Morgan fingerprint density at radius 2 is 1.47 bits per heavy atom. The van der Waals surface area contributed by atoms with Crippen molar-refractivity contribution in [3.63, 3.8) is 0 Å². The molecule has 5 nitrogen and oxygen atoms in total. The van der Waals surface area contributed by atoms with E-state index in [1.165, 1.54) is 0 Å². The molecule has 0 spiro atoms. The minimum atomic E-state index is -4.42. The Morgan fingerprint density at radius 3 is 2.00 bits per heavy atom. The highest BCUT2D eigenvalue weighted by molar-refractivity contribution is 8.01. The van der Waals surface area contributed by atoms with Crippen LogP contribution in [0.2, 0.25) is 0 Å². The molecule has 0 aliphatic rings. The summed E-state index contributed by atoms with van der Waals surface area (Å²) < 4.78 is 31.8. The van der Waals surface area contributed by atoms with Crippen LogP contribution in [-0.4, -0.2) is 18.1 Å². The van der Waals surface area contributed by atoms with Crippen molar-refractivity contribution >= 4 is 26.7 Å². The van der Waals surface area contributed by atoms with E-state index in [-0.39, 0.29) is 0 Å². The Balaban J connectivity index is 2.36. The number of benzene rings is 2. The molecule has 0 heterocycles. The number of nitrogens with zero attached hydrogens (tertiary/aromatic N) is 1. The molecule has 0 aliphatic heterocycles. The molecule has 0 saturated heterocycles. The summed E-state index contributed by atoms with van der Waals surface area (Å²) in [5.41, 5.74) is 0.952. The maximum absolute atomic E-state index is 11.3. The van der Waals surface area contributed by atoms with E-state index >= 15 is 0 Å². The summed E-state index contributed by atoms with van der Waals surface area (Å²) in [5, 5.41) is 2.07. The van der Waals surface area contributed by atoms with Crippen molar-refractivity contribution in [2.45, 2.75) is 0 Å². The van der Waals surface area contributed by atoms with Gasteiger partial charge in [0, 0.05) is 5.69 Å². The molecule has 0 amide bonds. The first kappa shape index (κ1) is 13.3. The molecule has 2 aromatic carbocycles. The summed E-state index contributed by atoms with van der Waals surface area (Å²) in [6, 6.07) is 17.1. The van der Waals surface area contributed by atoms with E-state index in [1.54, 1.807) is 60.7 Å². The summed E-state index contributed by atoms with van der Waals surface area (Å²) >= 11 is 0. The number of aliphatic imine (C=N–C) groups is 1. The summed E-state index contributed by atoms with van der Waals surface area (Å²) in [6.07, 6.45) is 0. The molecule has 0 fully saturated rings. The number of anilines is 1. The van der Waals surface area contributed by atoms with Gasteiger partial charge in [-0.2, -0.15) is 8.42 Å². The van der Waals surface area contributed by atoms with Crippen LogP contribution in [0, 0.1) is 0 Å². The summed E-state index contributed by atoms with van der Waals surface area (Å²) in [6.45, 7) is 0. The molecular weight excluding hydrogens is 264 g/mol. The highest BCUT2D eigenvalue weighted by Gasteiger charge is 2.16. The largest absolute Gasteiger partial charge is 0.329 e. The first-order valence-corrected chi connectivity index (χ1v) is 6.93. The average molecular weight is 276 g/mol. The molecule has 0 atom stereocenters. The Kier molecular flexibility index (Phi) is 3.94. The second kappa shape index (κ2) is 5.64. The van der Waals surface area contributed by atoms with Gasteiger partial charge in [-0.3, -0.25) is 4.55 Å². The van der Waals surface area contributed by atoms with E-state index in [2.05, 4.69) is 10.3 Å². The number of amidine groups is 1. The number of nitrogens with one attached hydrogen (secondary N) is 1. The van der Waals surface area contributed by atoms with Crippen molar-refractivity contribution in [3.05, 3.63) is 60.7 Å². The van der Waals surface area contributed by atoms with Crippen LogP contribution in [0.15, 0.2) is 65.7 Å². The van der Waals surface area contributed by atoms with Gasteiger partial charge < -0.3 is 5.32 Å². The van der Waals surface area contributed by atoms with Gasteiger partial charge in [0.15, 0.2) is 0 Å². The van der Waals surface area contributed by atoms with Crippen molar-refractivity contribution in [2.75, 3.05) is 5.32 Å². The Labute approximate surface area is 111 Å². The van der Waals surface area contributed by atoms with Gasteiger partial charge >= 0.3 is 10.1 Å². The highest BCUT2D eigenvalue weighted by atomic mass is 32.2. The third-order valence-corrected chi connectivity index (χ3v) is 2.94. The molecule has 19 heavy (non-hydrogen) atoms. The van der Waals surface area contributed by atoms with E-state index in [1.807, 2.05) is 0 Å². The van der Waals surface area contributed by atoms with Gasteiger partial charge in [0.25, 0.3) is 5.17 Å². The van der Waals surface area contributed by atoms with Crippen LogP contribution >= 0.6 is 0 Å². The normalized spacial score (nSPS) is 12.2. The molecule has 6 heteroatoms. The molecule has 2 rings (SSSR count). The SMILES string of the molecule is O=S(=O)(O)C(=Nc1ccccc1)Nc1ccccc1. The van der Waals surface area contributed by atoms with Crippen LogP contribution in [0.1, 0.15) is 0 Å². The zero-order valence-corrected chi connectivity index (χ0v) is 10.7. The topological polar surface area (TPSA) is 78.8 Å². The van der Waals surface area contributed by atoms with Crippen molar-refractivity contribution in [1.82, 2.24) is 0 Å². The predicted octanol–water partition coefficient (Wildman–Crippen LogP) is 2.67. The number of hydrogen-bond donors (Lipinski definition) is 2. The van der Waals surface area contributed by atoms with E-state index in [4.69, 9.17) is 0 Å². The van der Waals surface area contributed by atoms with E-state index in [0.717, 1.165) is 0 Å². The minimum absolute atomic E-state index is 0.429. The van der Waals surface area contributed by atoms with Crippen LogP contribution in [0.3, 0.4) is 0 Å². The molecule has 0 bridgehead atoms. The molecule has 0 unspecified atom stereocenters. The molecular formula is C13H12N2O3S. The molecule has 0 radical (unpaired) electrons. The van der Waals surface area contributed by atoms with Crippen LogP contribution in [0.25, 0.3) is 0 Å². The van der Waals surface area contributed by atoms with Gasteiger partial charge in [-0.25, -0.2) is 4.99 Å². The van der Waals surface area contributed by atoms with Gasteiger partial charge in [0.1, 0.15) is 0 Å². The van der Waals surface area contributed by atoms with Crippen molar-refractivity contribution in [1.29, 1.82) is 0 Å². The summed E-state index contributed by atoms with van der Waals surface area (Å²) in [7, 11) is -4.42. The summed E-state index contributed by atoms with van der Waals surface area (Å²) in [5.74, 6) is 0. The Morgan fingerprint density at radius 1 is 0.947 bits per heavy atom. The number of para-hydroxylation sites is 2. The number of hydrogen-bond acceptors (Lipinski definition) is 3. The molecule has 0 aliphatic carbocycles. The maximum Gasteiger partial charge on any atom is 0.328 e. The molecule has 2 aromatic rings. The zero-order chi connectivity index (χ0) is 13.7. The molecule has 98 valence electrons. The third-order valence-electron chi connectivity index (χ3n) is 2.26. The Bertz CT molecular complexity index is 668. The van der Waals surface area contributed by atoms with Gasteiger partial charge in [0.2, 0.25) is 0 Å². The monoisotopic (exact) mass is 276 g/mol. The lowest BCUT2D eigenvalue weighted by Crippen LogP contribution is -2.22. The van der Waals surface area contributed by atoms with E-state index in [0.29, 0.717) is 11.4 Å². The number of rotatable bonds is 2. The second-order valence-electron chi connectivity index (χ2n) is 3.72. The van der Waals surface area contributed by atoms with Gasteiger partial charge in [-0.05, 0) is 24.3 Å². The third kappa shape index (κ3) is 3.90. The van der Waals surface area contributed by atoms with Crippen LogP contribution in [0.5, 0.6) is 0 Å².